The smallest absolute Gasteiger partial charge is 0.272 e. The molecular weight excluding hydrogens is 374 g/mol. The minimum atomic E-state index is -3.60. The van der Waals surface area contributed by atoms with Crippen LogP contribution in [-0.4, -0.2) is 36.3 Å². The summed E-state index contributed by atoms with van der Waals surface area (Å²) in [6, 6.07) is 9.15. The monoisotopic (exact) mass is 403 g/mol. The highest BCUT2D eigenvalue weighted by atomic mass is 32.2. The topological polar surface area (TPSA) is 71.4 Å². The van der Waals surface area contributed by atoms with Gasteiger partial charge in [-0.2, -0.15) is 4.31 Å². The number of benzene rings is 1. The number of aromatic nitrogens is 1. The van der Waals surface area contributed by atoms with Crippen LogP contribution in [0.2, 0.25) is 0 Å². The Bertz CT molecular complexity index is 971. The van der Waals surface area contributed by atoms with Crippen LogP contribution >= 0.6 is 0 Å². The number of aryl methyl sites for hydroxylation is 1. The minimum Gasteiger partial charge on any atom is -0.343 e. The van der Waals surface area contributed by atoms with Gasteiger partial charge in [0, 0.05) is 31.5 Å². The number of hydrogen-bond acceptors (Lipinski definition) is 3. The maximum absolute atomic E-state index is 13.1. The van der Waals surface area contributed by atoms with Crippen molar-refractivity contribution >= 4 is 21.6 Å². The predicted molar refractivity (Wildman–Crippen MR) is 111 cm³/mol. The van der Waals surface area contributed by atoms with E-state index in [4.69, 9.17) is 0 Å². The van der Waals surface area contributed by atoms with Gasteiger partial charge in [-0.05, 0) is 49.8 Å². The number of anilines is 1. The molecule has 1 N–H and O–H groups in total. The van der Waals surface area contributed by atoms with Gasteiger partial charge in [-0.1, -0.05) is 32.0 Å². The van der Waals surface area contributed by atoms with Gasteiger partial charge in [0.25, 0.3) is 5.91 Å². The van der Waals surface area contributed by atoms with Crippen LogP contribution in [0.15, 0.2) is 35.2 Å². The Kier molecular flexibility index (Phi) is 5.95. The van der Waals surface area contributed by atoms with Crippen LogP contribution in [0.1, 0.15) is 48.4 Å². The molecule has 0 atom stereocenters. The lowest BCUT2D eigenvalue weighted by Crippen LogP contribution is -2.38. The molecule has 1 saturated heterocycles. The summed E-state index contributed by atoms with van der Waals surface area (Å²) in [6.07, 6.45) is 2.54. The fourth-order valence-corrected chi connectivity index (χ4v) is 5.39. The third-order valence-corrected chi connectivity index (χ3v) is 7.74. The van der Waals surface area contributed by atoms with Crippen LogP contribution in [0.25, 0.3) is 0 Å². The van der Waals surface area contributed by atoms with Gasteiger partial charge < -0.3 is 9.88 Å². The number of sulfonamides is 1. The van der Waals surface area contributed by atoms with Crippen molar-refractivity contribution in [2.24, 2.45) is 13.0 Å². The van der Waals surface area contributed by atoms with Crippen LogP contribution in [0.5, 0.6) is 0 Å². The second-order valence-corrected chi connectivity index (χ2v) is 9.50. The number of amides is 1. The van der Waals surface area contributed by atoms with E-state index >= 15 is 0 Å². The molecule has 0 radical (unpaired) electrons. The number of nitrogens with zero attached hydrogens (tertiary/aromatic N) is 2. The molecule has 0 spiro atoms. The highest BCUT2D eigenvalue weighted by Crippen LogP contribution is 2.28. The number of carbonyl (C=O) groups excluding carboxylic acids is 1. The summed E-state index contributed by atoms with van der Waals surface area (Å²) in [7, 11) is -1.88. The molecule has 1 aromatic heterocycles. The summed E-state index contributed by atoms with van der Waals surface area (Å²) in [6.45, 7) is 6.98. The number of nitrogens with one attached hydrogen (secondary N) is 1. The summed E-state index contributed by atoms with van der Waals surface area (Å²) >= 11 is 0. The van der Waals surface area contributed by atoms with E-state index < -0.39 is 10.0 Å². The molecule has 0 saturated carbocycles. The highest BCUT2D eigenvalue weighted by molar-refractivity contribution is 7.89. The van der Waals surface area contributed by atoms with Crippen LogP contribution in [0, 0.1) is 12.8 Å². The van der Waals surface area contributed by atoms with E-state index in [1.54, 1.807) is 22.8 Å². The summed E-state index contributed by atoms with van der Waals surface area (Å²) in [5, 5.41) is 2.93. The third-order valence-electron chi connectivity index (χ3n) is 5.73. The van der Waals surface area contributed by atoms with Gasteiger partial charge in [-0.25, -0.2) is 8.42 Å². The molecule has 6 nitrogen and oxygen atoms in total. The molecule has 0 bridgehead atoms. The lowest BCUT2D eigenvalue weighted by Gasteiger charge is -2.29. The van der Waals surface area contributed by atoms with Crippen molar-refractivity contribution in [1.82, 2.24) is 8.87 Å². The van der Waals surface area contributed by atoms with Gasteiger partial charge in [0.1, 0.15) is 10.6 Å². The van der Waals surface area contributed by atoms with Crippen LogP contribution in [-0.2, 0) is 23.5 Å². The second-order valence-electron chi connectivity index (χ2n) is 7.59. The number of piperidine rings is 1. The largest absolute Gasteiger partial charge is 0.343 e. The van der Waals surface area contributed by atoms with Crippen molar-refractivity contribution in [3.05, 3.63) is 47.3 Å². The average molecular weight is 404 g/mol. The molecule has 1 fully saturated rings. The lowest BCUT2D eigenvalue weighted by atomic mass is 10.0. The van der Waals surface area contributed by atoms with Gasteiger partial charge in [-0.15, -0.1) is 0 Å². The minimum absolute atomic E-state index is 0.221. The van der Waals surface area contributed by atoms with E-state index in [9.17, 15) is 13.2 Å². The fraction of sp³-hybridized carbons (Fsp3) is 0.476. The van der Waals surface area contributed by atoms with Gasteiger partial charge >= 0.3 is 0 Å². The van der Waals surface area contributed by atoms with Crippen molar-refractivity contribution in [2.45, 2.75) is 44.9 Å². The van der Waals surface area contributed by atoms with Crippen LogP contribution in [0.3, 0.4) is 0 Å². The predicted octanol–water partition coefficient (Wildman–Crippen LogP) is 3.57. The summed E-state index contributed by atoms with van der Waals surface area (Å²) in [5.74, 6) is 0.239. The third kappa shape index (κ3) is 3.86. The Hall–Kier alpha value is -2.12. The summed E-state index contributed by atoms with van der Waals surface area (Å²) in [4.78, 5) is 13.1. The zero-order chi connectivity index (χ0) is 20.5. The Morgan fingerprint density at radius 1 is 1.21 bits per heavy atom. The van der Waals surface area contributed by atoms with E-state index in [1.807, 2.05) is 31.2 Å². The molecule has 1 aromatic carbocycles. The van der Waals surface area contributed by atoms with E-state index in [-0.39, 0.29) is 10.8 Å². The maximum Gasteiger partial charge on any atom is 0.272 e. The zero-order valence-corrected chi connectivity index (χ0v) is 17.8. The zero-order valence-electron chi connectivity index (χ0n) is 17.0. The number of rotatable bonds is 5. The Morgan fingerprint density at radius 3 is 2.50 bits per heavy atom. The van der Waals surface area contributed by atoms with E-state index in [2.05, 4.69) is 12.2 Å². The fourth-order valence-electron chi connectivity index (χ4n) is 3.65. The lowest BCUT2D eigenvalue weighted by molar-refractivity contribution is 0.101. The first-order chi connectivity index (χ1) is 13.3. The van der Waals surface area contributed by atoms with E-state index in [0.717, 1.165) is 30.5 Å². The molecule has 0 aliphatic carbocycles. The van der Waals surface area contributed by atoms with Gasteiger partial charge in [0.15, 0.2) is 0 Å². The van der Waals surface area contributed by atoms with Crippen molar-refractivity contribution in [1.29, 1.82) is 0 Å². The van der Waals surface area contributed by atoms with E-state index in [0.29, 0.717) is 30.4 Å². The first-order valence-electron chi connectivity index (χ1n) is 9.81. The average Bonchev–Trinajstić information content (AvgIpc) is 2.98. The molecule has 2 aromatic rings. The van der Waals surface area contributed by atoms with Crippen molar-refractivity contribution in [3.63, 3.8) is 0 Å². The normalized spacial score (nSPS) is 16.3. The SMILES string of the molecule is CCc1ccccc1NC(=O)c1cc(S(=O)(=O)N2CCC(C)CC2)c(C)n1C. The maximum atomic E-state index is 13.1. The second kappa shape index (κ2) is 8.09. The van der Waals surface area contributed by atoms with Gasteiger partial charge in [0.05, 0.1) is 0 Å². The number of carbonyl (C=O) groups is 1. The number of para-hydroxylation sites is 1. The van der Waals surface area contributed by atoms with Crippen molar-refractivity contribution in [3.8, 4) is 0 Å². The molecule has 3 rings (SSSR count). The number of hydrogen-bond donors (Lipinski definition) is 1. The van der Waals surface area contributed by atoms with Crippen molar-refractivity contribution < 1.29 is 13.2 Å². The molecule has 1 aliphatic heterocycles. The van der Waals surface area contributed by atoms with Crippen molar-refractivity contribution in [2.75, 3.05) is 18.4 Å². The summed E-state index contributed by atoms with van der Waals surface area (Å²) < 4.78 is 29.5. The molecule has 0 unspecified atom stereocenters. The van der Waals surface area contributed by atoms with Gasteiger partial charge in [-0.3, -0.25) is 4.79 Å². The highest BCUT2D eigenvalue weighted by Gasteiger charge is 2.32. The quantitative estimate of drug-likeness (QED) is 0.830. The first-order valence-corrected chi connectivity index (χ1v) is 11.3. The molecule has 1 aliphatic rings. The Balaban J connectivity index is 1.89. The Labute approximate surface area is 167 Å². The molecular formula is C21H29N3O3S. The molecule has 1 amide bonds. The van der Waals surface area contributed by atoms with Crippen LogP contribution < -0.4 is 5.32 Å². The van der Waals surface area contributed by atoms with Crippen LogP contribution in [0.4, 0.5) is 5.69 Å². The van der Waals surface area contributed by atoms with Gasteiger partial charge in [0.2, 0.25) is 10.0 Å². The Morgan fingerprint density at radius 2 is 1.86 bits per heavy atom. The summed E-state index contributed by atoms with van der Waals surface area (Å²) in [5.41, 5.74) is 2.71. The molecule has 28 heavy (non-hydrogen) atoms. The van der Waals surface area contributed by atoms with E-state index in [1.165, 1.54) is 6.07 Å². The standard InChI is InChI=1S/C21H29N3O3S/c1-5-17-8-6-7-9-18(17)22-21(25)19-14-20(16(3)23(19)4)28(26,27)24-12-10-15(2)11-13-24/h6-9,14-15H,5,10-13H2,1-4H3,(H,22,25). The molecule has 7 heteroatoms. The molecule has 2 heterocycles. The first kappa shape index (κ1) is 20.6. The molecule has 152 valence electrons.